The summed E-state index contributed by atoms with van der Waals surface area (Å²) in [6, 6.07) is 11.2. The van der Waals surface area contributed by atoms with Crippen LogP contribution in [0.15, 0.2) is 40.9 Å². The van der Waals surface area contributed by atoms with Crippen LogP contribution in [-0.2, 0) is 6.42 Å². The van der Waals surface area contributed by atoms with Gasteiger partial charge in [-0.15, -0.1) is 0 Å². The molecule has 0 aromatic heterocycles. The molecule has 1 nitrogen and oxygen atoms in total. The van der Waals surface area contributed by atoms with Gasteiger partial charge in [0.15, 0.2) is 0 Å². The lowest BCUT2D eigenvalue weighted by Crippen LogP contribution is -2.19. The number of nitrogens with one attached hydrogen (secondary N) is 1. The molecule has 2 rings (SSSR count). The number of rotatable bonds is 4. The van der Waals surface area contributed by atoms with E-state index < -0.39 is 0 Å². The van der Waals surface area contributed by atoms with Gasteiger partial charge in [0.2, 0.25) is 0 Å². The zero-order chi connectivity index (χ0) is 14.7. The molecule has 0 spiro atoms. The van der Waals surface area contributed by atoms with Crippen LogP contribution in [0.3, 0.4) is 0 Å². The van der Waals surface area contributed by atoms with Crippen LogP contribution in [0.25, 0.3) is 0 Å². The van der Waals surface area contributed by atoms with E-state index in [1.165, 1.54) is 17.2 Å². The Kier molecular flexibility index (Phi) is 5.19. The highest BCUT2D eigenvalue weighted by Crippen LogP contribution is 2.29. The average molecular weight is 357 g/mol. The Morgan fingerprint density at radius 3 is 2.70 bits per heavy atom. The molecular formula is C16H16BrClFN. The van der Waals surface area contributed by atoms with Crippen LogP contribution < -0.4 is 5.32 Å². The maximum absolute atomic E-state index is 13.5. The lowest BCUT2D eigenvalue weighted by molar-refractivity contribution is 0.582. The summed E-state index contributed by atoms with van der Waals surface area (Å²) in [5, 5.41) is 3.44. The zero-order valence-corrected chi connectivity index (χ0v) is 13.7. The predicted molar refractivity (Wildman–Crippen MR) is 85.8 cm³/mol. The average Bonchev–Trinajstić information content (AvgIpc) is 2.43. The van der Waals surface area contributed by atoms with Crippen molar-refractivity contribution in [2.24, 2.45) is 0 Å². The summed E-state index contributed by atoms with van der Waals surface area (Å²) >= 11 is 9.34. The molecule has 2 aromatic rings. The molecule has 0 saturated heterocycles. The van der Waals surface area contributed by atoms with Gasteiger partial charge in [-0.2, -0.15) is 0 Å². The summed E-state index contributed by atoms with van der Waals surface area (Å²) < 4.78 is 14.6. The number of aryl methyl sites for hydroxylation is 1. The first-order chi connectivity index (χ1) is 9.52. The number of halogens is 3. The van der Waals surface area contributed by atoms with Gasteiger partial charge >= 0.3 is 0 Å². The van der Waals surface area contributed by atoms with E-state index in [0.717, 1.165) is 10.0 Å². The second-order valence-corrected chi connectivity index (χ2v) is 5.97. The normalized spacial score (nSPS) is 12.4. The summed E-state index contributed by atoms with van der Waals surface area (Å²) in [4.78, 5) is 0. The van der Waals surface area contributed by atoms with Crippen molar-refractivity contribution in [1.29, 1.82) is 0 Å². The molecule has 0 heterocycles. The van der Waals surface area contributed by atoms with Crippen LogP contribution >= 0.6 is 27.5 Å². The second kappa shape index (κ2) is 6.70. The maximum Gasteiger partial charge on any atom is 0.142 e. The van der Waals surface area contributed by atoms with Gasteiger partial charge in [-0.3, -0.25) is 0 Å². The summed E-state index contributed by atoms with van der Waals surface area (Å²) in [6.45, 7) is 2.06. The van der Waals surface area contributed by atoms with Gasteiger partial charge in [0.05, 0.1) is 5.02 Å². The summed E-state index contributed by atoms with van der Waals surface area (Å²) in [6.07, 6.45) is 0.701. The number of benzene rings is 2. The third kappa shape index (κ3) is 3.40. The van der Waals surface area contributed by atoms with E-state index in [2.05, 4.69) is 40.3 Å². The SMILES string of the molecule is CNC(Cc1ccc(Cl)c(F)c1)c1cccc(C)c1Br. The zero-order valence-electron chi connectivity index (χ0n) is 11.4. The van der Waals surface area contributed by atoms with Gasteiger partial charge < -0.3 is 5.32 Å². The molecule has 0 aliphatic carbocycles. The van der Waals surface area contributed by atoms with Gasteiger partial charge in [-0.1, -0.05) is 51.8 Å². The van der Waals surface area contributed by atoms with Crippen molar-refractivity contribution in [2.45, 2.75) is 19.4 Å². The highest BCUT2D eigenvalue weighted by Gasteiger charge is 2.15. The number of hydrogen-bond acceptors (Lipinski definition) is 1. The van der Waals surface area contributed by atoms with Gasteiger partial charge in [-0.05, 0) is 49.2 Å². The number of hydrogen-bond donors (Lipinski definition) is 1. The Balaban J connectivity index is 2.28. The fourth-order valence-corrected chi connectivity index (χ4v) is 2.87. The first kappa shape index (κ1) is 15.5. The van der Waals surface area contributed by atoms with Gasteiger partial charge in [-0.25, -0.2) is 4.39 Å². The van der Waals surface area contributed by atoms with Gasteiger partial charge in [0.1, 0.15) is 5.82 Å². The van der Waals surface area contributed by atoms with Gasteiger partial charge in [0, 0.05) is 10.5 Å². The first-order valence-electron chi connectivity index (χ1n) is 6.39. The third-order valence-corrected chi connectivity index (χ3v) is 4.76. The van der Waals surface area contributed by atoms with E-state index in [1.807, 2.05) is 19.2 Å². The smallest absolute Gasteiger partial charge is 0.142 e. The standard InChI is InChI=1S/C16H16BrClFN/c1-10-4-3-5-12(16(10)17)15(20-2)9-11-6-7-13(18)14(19)8-11/h3-8,15,20H,9H2,1-2H3. The van der Waals surface area contributed by atoms with Crippen molar-refractivity contribution in [3.63, 3.8) is 0 Å². The lowest BCUT2D eigenvalue weighted by Gasteiger charge is -2.19. The molecule has 0 saturated carbocycles. The van der Waals surface area contributed by atoms with Crippen LogP contribution in [-0.4, -0.2) is 7.05 Å². The van der Waals surface area contributed by atoms with Crippen LogP contribution in [0.4, 0.5) is 4.39 Å². The molecule has 20 heavy (non-hydrogen) atoms. The predicted octanol–water partition coefficient (Wildman–Crippen LogP) is 5.05. The molecule has 0 aliphatic heterocycles. The van der Waals surface area contributed by atoms with Crippen LogP contribution in [0.2, 0.25) is 5.02 Å². The Bertz CT molecular complexity index is 615. The molecule has 1 N–H and O–H groups in total. The minimum atomic E-state index is -0.373. The Morgan fingerprint density at radius 2 is 2.05 bits per heavy atom. The first-order valence-corrected chi connectivity index (χ1v) is 7.56. The highest BCUT2D eigenvalue weighted by molar-refractivity contribution is 9.10. The van der Waals surface area contributed by atoms with Crippen molar-refractivity contribution in [2.75, 3.05) is 7.05 Å². The Morgan fingerprint density at radius 1 is 1.30 bits per heavy atom. The van der Waals surface area contributed by atoms with Crippen LogP contribution in [0, 0.1) is 12.7 Å². The van der Waals surface area contributed by atoms with Crippen molar-refractivity contribution in [3.05, 3.63) is 68.4 Å². The maximum atomic E-state index is 13.5. The van der Waals surface area contributed by atoms with Crippen molar-refractivity contribution in [3.8, 4) is 0 Å². The molecule has 0 aliphatic rings. The van der Waals surface area contributed by atoms with E-state index >= 15 is 0 Å². The highest BCUT2D eigenvalue weighted by atomic mass is 79.9. The number of likely N-dealkylation sites (N-methyl/N-ethyl adjacent to an activating group) is 1. The molecule has 0 radical (unpaired) electrons. The quantitative estimate of drug-likeness (QED) is 0.808. The molecule has 1 unspecified atom stereocenters. The van der Waals surface area contributed by atoms with E-state index in [4.69, 9.17) is 11.6 Å². The molecule has 1 atom stereocenters. The molecular weight excluding hydrogens is 341 g/mol. The van der Waals surface area contributed by atoms with Crippen molar-refractivity contribution >= 4 is 27.5 Å². The lowest BCUT2D eigenvalue weighted by atomic mass is 9.97. The molecule has 2 aromatic carbocycles. The van der Waals surface area contributed by atoms with Crippen LogP contribution in [0.5, 0.6) is 0 Å². The van der Waals surface area contributed by atoms with E-state index in [9.17, 15) is 4.39 Å². The van der Waals surface area contributed by atoms with Crippen LogP contribution in [0.1, 0.15) is 22.7 Å². The molecule has 4 heteroatoms. The van der Waals surface area contributed by atoms with Crippen molar-refractivity contribution in [1.82, 2.24) is 5.32 Å². The van der Waals surface area contributed by atoms with E-state index in [-0.39, 0.29) is 16.9 Å². The Hall–Kier alpha value is -0.900. The monoisotopic (exact) mass is 355 g/mol. The fourth-order valence-electron chi connectivity index (χ4n) is 2.21. The minimum absolute atomic E-state index is 0.116. The molecule has 0 fully saturated rings. The molecule has 106 valence electrons. The third-order valence-electron chi connectivity index (χ3n) is 3.37. The molecule has 0 bridgehead atoms. The van der Waals surface area contributed by atoms with Crippen molar-refractivity contribution < 1.29 is 4.39 Å². The van der Waals surface area contributed by atoms with E-state index in [1.54, 1.807) is 6.07 Å². The Labute approximate surface area is 132 Å². The summed E-state index contributed by atoms with van der Waals surface area (Å²) in [5.41, 5.74) is 3.27. The second-order valence-electron chi connectivity index (χ2n) is 4.77. The molecule has 0 amide bonds. The van der Waals surface area contributed by atoms with Gasteiger partial charge in [0.25, 0.3) is 0 Å². The summed E-state index contributed by atoms with van der Waals surface area (Å²) in [5.74, 6) is -0.373. The summed E-state index contributed by atoms with van der Waals surface area (Å²) in [7, 11) is 1.91. The topological polar surface area (TPSA) is 12.0 Å². The van der Waals surface area contributed by atoms with E-state index in [0.29, 0.717) is 6.42 Å². The largest absolute Gasteiger partial charge is 0.313 e. The fraction of sp³-hybridized carbons (Fsp3) is 0.250. The minimum Gasteiger partial charge on any atom is -0.313 e.